The third-order valence-electron chi connectivity index (χ3n) is 1.18. The lowest BCUT2D eigenvalue weighted by atomic mass is 10.2. The molecule has 0 aliphatic heterocycles. The topological polar surface area (TPSA) is 55.8 Å². The highest BCUT2D eigenvalue weighted by atomic mass is 17.2. The van der Waals surface area contributed by atoms with Crippen LogP contribution >= 0.6 is 0 Å². The first kappa shape index (κ1) is 12.4. The number of carboxylic acid groups (broad SMARTS) is 1. The average molecular weight is 190 g/mol. The van der Waals surface area contributed by atoms with Crippen LogP contribution in [-0.4, -0.2) is 23.3 Å². The molecule has 13 heavy (non-hydrogen) atoms. The van der Waals surface area contributed by atoms with Crippen LogP contribution in [0.5, 0.6) is 0 Å². The van der Waals surface area contributed by atoms with Crippen molar-refractivity contribution in [1.29, 1.82) is 0 Å². The van der Waals surface area contributed by atoms with Gasteiger partial charge in [0.2, 0.25) is 0 Å². The summed E-state index contributed by atoms with van der Waals surface area (Å²) in [7, 11) is 0. The standard InChI is InChI=1S/C9H18O4/c1-9(2,3)13-12-7-5-4-6-8(10)11/h4-7H2,1-3H3,(H,10,11). The lowest BCUT2D eigenvalue weighted by molar-refractivity contribution is -0.348. The Kier molecular flexibility index (Phi) is 5.66. The van der Waals surface area contributed by atoms with Crippen molar-refractivity contribution < 1.29 is 19.7 Å². The van der Waals surface area contributed by atoms with E-state index in [1.807, 2.05) is 20.8 Å². The minimum atomic E-state index is -0.767. The van der Waals surface area contributed by atoms with Crippen LogP contribution in [0.15, 0.2) is 0 Å². The highest BCUT2D eigenvalue weighted by Crippen LogP contribution is 2.07. The van der Waals surface area contributed by atoms with Gasteiger partial charge in [0.1, 0.15) is 0 Å². The van der Waals surface area contributed by atoms with Gasteiger partial charge in [-0.1, -0.05) is 0 Å². The highest BCUT2D eigenvalue weighted by Gasteiger charge is 2.10. The quantitative estimate of drug-likeness (QED) is 0.395. The van der Waals surface area contributed by atoms with E-state index in [9.17, 15) is 4.79 Å². The van der Waals surface area contributed by atoms with Crippen molar-refractivity contribution in [1.82, 2.24) is 0 Å². The fraction of sp³-hybridized carbons (Fsp3) is 0.889. The zero-order valence-corrected chi connectivity index (χ0v) is 8.50. The van der Waals surface area contributed by atoms with E-state index in [0.29, 0.717) is 19.4 Å². The zero-order chi connectivity index (χ0) is 10.3. The summed E-state index contributed by atoms with van der Waals surface area (Å²) in [6.45, 7) is 6.13. The molecule has 0 bridgehead atoms. The van der Waals surface area contributed by atoms with Crippen LogP contribution in [0.3, 0.4) is 0 Å². The van der Waals surface area contributed by atoms with Crippen molar-refractivity contribution in [2.45, 2.75) is 45.6 Å². The van der Waals surface area contributed by atoms with Crippen LogP contribution in [0.25, 0.3) is 0 Å². The van der Waals surface area contributed by atoms with E-state index in [-0.39, 0.29) is 12.0 Å². The van der Waals surface area contributed by atoms with E-state index in [2.05, 4.69) is 0 Å². The predicted molar refractivity (Wildman–Crippen MR) is 48.3 cm³/mol. The predicted octanol–water partition coefficient (Wildman–Crippen LogP) is 1.99. The Hall–Kier alpha value is -0.610. The Labute approximate surface area is 78.8 Å². The smallest absolute Gasteiger partial charge is 0.303 e. The molecule has 0 saturated heterocycles. The van der Waals surface area contributed by atoms with Gasteiger partial charge in [-0.3, -0.25) is 4.79 Å². The van der Waals surface area contributed by atoms with Gasteiger partial charge in [0.25, 0.3) is 0 Å². The Morgan fingerprint density at radius 3 is 2.38 bits per heavy atom. The molecule has 0 heterocycles. The molecule has 0 aromatic carbocycles. The maximum atomic E-state index is 10.1. The Morgan fingerprint density at radius 2 is 1.92 bits per heavy atom. The molecule has 0 aliphatic carbocycles. The minimum Gasteiger partial charge on any atom is -0.481 e. The van der Waals surface area contributed by atoms with E-state index in [4.69, 9.17) is 14.9 Å². The van der Waals surface area contributed by atoms with Crippen LogP contribution in [-0.2, 0) is 14.6 Å². The van der Waals surface area contributed by atoms with Gasteiger partial charge in [0.15, 0.2) is 0 Å². The SMILES string of the molecule is CC(C)(C)OOCCCCC(=O)O. The lowest BCUT2D eigenvalue weighted by Crippen LogP contribution is -2.19. The van der Waals surface area contributed by atoms with Crippen molar-refractivity contribution in [3.05, 3.63) is 0 Å². The van der Waals surface area contributed by atoms with Crippen molar-refractivity contribution in [3.8, 4) is 0 Å². The molecule has 0 aromatic heterocycles. The molecule has 0 unspecified atom stereocenters. The first-order chi connectivity index (χ1) is 5.92. The van der Waals surface area contributed by atoms with Crippen LogP contribution < -0.4 is 0 Å². The molecule has 0 atom stereocenters. The number of hydrogen-bond acceptors (Lipinski definition) is 3. The summed E-state index contributed by atoms with van der Waals surface area (Å²) in [6.07, 6.45) is 1.53. The molecule has 4 nitrogen and oxygen atoms in total. The molecular formula is C9H18O4. The maximum Gasteiger partial charge on any atom is 0.303 e. The lowest BCUT2D eigenvalue weighted by Gasteiger charge is -2.17. The molecule has 0 aromatic rings. The molecule has 0 aliphatic rings. The Morgan fingerprint density at radius 1 is 1.31 bits per heavy atom. The number of carboxylic acids is 1. The molecule has 0 amide bonds. The van der Waals surface area contributed by atoms with Crippen LogP contribution in [0.2, 0.25) is 0 Å². The third-order valence-corrected chi connectivity index (χ3v) is 1.18. The van der Waals surface area contributed by atoms with E-state index >= 15 is 0 Å². The van der Waals surface area contributed by atoms with Gasteiger partial charge >= 0.3 is 5.97 Å². The van der Waals surface area contributed by atoms with Gasteiger partial charge in [0, 0.05) is 6.42 Å². The van der Waals surface area contributed by atoms with Crippen molar-refractivity contribution in [2.24, 2.45) is 0 Å². The molecule has 1 N–H and O–H groups in total. The van der Waals surface area contributed by atoms with Crippen molar-refractivity contribution >= 4 is 5.97 Å². The normalized spacial score (nSPS) is 11.6. The Bertz CT molecular complexity index is 148. The monoisotopic (exact) mass is 190 g/mol. The molecule has 78 valence electrons. The fourth-order valence-corrected chi connectivity index (χ4v) is 0.656. The number of unbranched alkanes of at least 4 members (excludes halogenated alkanes) is 1. The molecule has 0 radical (unpaired) electrons. The van der Waals surface area contributed by atoms with E-state index < -0.39 is 5.97 Å². The van der Waals surface area contributed by atoms with Gasteiger partial charge < -0.3 is 5.11 Å². The second-order valence-electron chi connectivity index (χ2n) is 3.87. The van der Waals surface area contributed by atoms with Gasteiger partial charge in [0.05, 0.1) is 12.2 Å². The highest BCUT2D eigenvalue weighted by molar-refractivity contribution is 5.66. The first-order valence-electron chi connectivity index (χ1n) is 4.44. The van der Waals surface area contributed by atoms with Crippen molar-refractivity contribution in [3.63, 3.8) is 0 Å². The van der Waals surface area contributed by atoms with Crippen molar-refractivity contribution in [2.75, 3.05) is 6.61 Å². The van der Waals surface area contributed by atoms with E-state index in [0.717, 1.165) is 0 Å². The van der Waals surface area contributed by atoms with Crippen LogP contribution in [0.4, 0.5) is 0 Å². The summed E-state index contributed by atoms with van der Waals surface area (Å²) < 4.78 is 0. The van der Waals surface area contributed by atoms with Gasteiger partial charge in [-0.2, -0.15) is 0 Å². The molecule has 0 fully saturated rings. The Balaban J connectivity index is 3.13. The summed E-state index contributed by atoms with van der Waals surface area (Å²) >= 11 is 0. The van der Waals surface area contributed by atoms with E-state index in [1.165, 1.54) is 0 Å². The average Bonchev–Trinajstić information content (AvgIpc) is 1.93. The number of rotatable bonds is 6. The van der Waals surface area contributed by atoms with Crippen LogP contribution in [0, 0.1) is 0 Å². The molecule has 0 rings (SSSR count). The van der Waals surface area contributed by atoms with E-state index in [1.54, 1.807) is 0 Å². The summed E-state index contributed by atoms with van der Waals surface area (Å²) in [5, 5.41) is 8.33. The summed E-state index contributed by atoms with van der Waals surface area (Å²) in [6, 6.07) is 0. The summed E-state index contributed by atoms with van der Waals surface area (Å²) in [5.74, 6) is -0.767. The first-order valence-corrected chi connectivity index (χ1v) is 4.44. The zero-order valence-electron chi connectivity index (χ0n) is 8.50. The fourth-order valence-electron chi connectivity index (χ4n) is 0.656. The molecule has 0 spiro atoms. The number of carbonyl (C=O) groups is 1. The van der Waals surface area contributed by atoms with Gasteiger partial charge in [-0.05, 0) is 33.6 Å². The summed E-state index contributed by atoms with van der Waals surface area (Å²) in [5.41, 5.74) is -0.299. The second-order valence-corrected chi connectivity index (χ2v) is 3.87. The molecular weight excluding hydrogens is 172 g/mol. The number of hydrogen-bond donors (Lipinski definition) is 1. The second kappa shape index (κ2) is 5.94. The summed E-state index contributed by atoms with van der Waals surface area (Å²) in [4.78, 5) is 20.0. The third kappa shape index (κ3) is 11.4. The maximum absolute atomic E-state index is 10.1. The van der Waals surface area contributed by atoms with Crippen LogP contribution in [0.1, 0.15) is 40.0 Å². The molecule has 4 heteroatoms. The minimum absolute atomic E-state index is 0.193. The van der Waals surface area contributed by atoms with Gasteiger partial charge in [-0.15, -0.1) is 0 Å². The molecule has 0 saturated carbocycles. The van der Waals surface area contributed by atoms with Gasteiger partial charge in [-0.25, -0.2) is 9.78 Å². The number of aliphatic carboxylic acids is 1. The largest absolute Gasteiger partial charge is 0.481 e.